The largest absolute Gasteiger partial charge is 0.379 e. The summed E-state index contributed by atoms with van der Waals surface area (Å²) >= 11 is 0. The van der Waals surface area contributed by atoms with Crippen molar-refractivity contribution in [2.45, 2.75) is 57.3 Å². The quantitative estimate of drug-likeness (QED) is 0.581. The molecule has 2 aromatic rings. The lowest BCUT2D eigenvalue weighted by Gasteiger charge is -2.46. The van der Waals surface area contributed by atoms with Crippen molar-refractivity contribution in [3.05, 3.63) is 82.4 Å². The molecule has 0 unspecified atom stereocenters. The second kappa shape index (κ2) is 8.92. The standard InChI is InChI=1S/C31H34N4O2/c1-21-6-10-24(11-7-21)27(36)26-18-31(25-12-8-22(2)9-13-25)23(3)28(34-14-16-37-17-15-34)30(19-32,20-33)35(31)29(26,4)5/h6-13,18,23,28H,14-17H2,1-5H3/t23-,28-,31+/m0/s1. The second-order valence-corrected chi connectivity index (χ2v) is 11.2. The molecule has 6 nitrogen and oxygen atoms in total. The predicted octanol–water partition coefficient (Wildman–Crippen LogP) is 4.54. The number of hydrogen-bond donors (Lipinski definition) is 0. The molecular weight excluding hydrogens is 460 g/mol. The third kappa shape index (κ3) is 3.51. The highest BCUT2D eigenvalue weighted by Crippen LogP contribution is 2.62. The lowest BCUT2D eigenvalue weighted by Crippen LogP contribution is -2.63. The number of carbonyl (C=O) groups is 1. The molecule has 0 aliphatic carbocycles. The van der Waals surface area contributed by atoms with Crippen LogP contribution in [0.2, 0.25) is 0 Å². The number of hydrogen-bond acceptors (Lipinski definition) is 6. The number of rotatable bonds is 4. The number of ketones is 1. The number of nitrogens with zero attached hydrogens (tertiary/aromatic N) is 4. The molecule has 3 heterocycles. The zero-order valence-corrected chi connectivity index (χ0v) is 22.3. The Morgan fingerprint density at radius 3 is 2.03 bits per heavy atom. The average Bonchev–Trinajstić information content (AvgIpc) is 3.30. The summed E-state index contributed by atoms with van der Waals surface area (Å²) in [6.07, 6.45) is 2.08. The predicted molar refractivity (Wildman–Crippen MR) is 142 cm³/mol. The summed E-state index contributed by atoms with van der Waals surface area (Å²) < 4.78 is 5.62. The molecule has 0 radical (unpaired) electrons. The molecule has 3 aliphatic heterocycles. The minimum absolute atomic E-state index is 0.0641. The summed E-state index contributed by atoms with van der Waals surface area (Å²) in [4.78, 5) is 18.3. The van der Waals surface area contributed by atoms with Gasteiger partial charge in [0.1, 0.15) is 12.1 Å². The molecule has 2 aromatic carbocycles. The van der Waals surface area contributed by atoms with Crippen molar-refractivity contribution >= 4 is 5.78 Å². The number of nitriles is 2. The van der Waals surface area contributed by atoms with Crippen LogP contribution in [0.4, 0.5) is 0 Å². The molecule has 0 saturated carbocycles. The minimum atomic E-state index is -1.46. The summed E-state index contributed by atoms with van der Waals surface area (Å²) in [7, 11) is 0. The zero-order chi connectivity index (χ0) is 26.6. The van der Waals surface area contributed by atoms with Gasteiger partial charge < -0.3 is 4.74 Å². The number of aryl methyl sites for hydroxylation is 2. The maximum absolute atomic E-state index is 14.0. The topological polar surface area (TPSA) is 80.4 Å². The molecule has 0 N–H and O–H groups in total. The molecule has 3 atom stereocenters. The zero-order valence-electron chi connectivity index (χ0n) is 22.3. The number of Topliss-reactive ketones (excluding diaryl/α,β-unsaturated/α-hetero) is 1. The number of carbonyl (C=O) groups excluding carboxylic acids is 1. The molecule has 2 fully saturated rings. The summed E-state index contributed by atoms with van der Waals surface area (Å²) in [6, 6.07) is 20.5. The molecule has 37 heavy (non-hydrogen) atoms. The highest BCUT2D eigenvalue weighted by molar-refractivity contribution is 6.10. The Morgan fingerprint density at radius 1 is 0.946 bits per heavy atom. The Morgan fingerprint density at radius 2 is 1.49 bits per heavy atom. The van der Waals surface area contributed by atoms with E-state index in [2.05, 4.69) is 59.2 Å². The van der Waals surface area contributed by atoms with E-state index in [4.69, 9.17) is 4.74 Å². The van der Waals surface area contributed by atoms with E-state index in [1.165, 1.54) is 0 Å². The molecule has 5 rings (SSSR count). The van der Waals surface area contributed by atoms with Crippen LogP contribution in [-0.2, 0) is 10.3 Å². The Hall–Kier alpha value is -3.29. The molecule has 0 spiro atoms. The average molecular weight is 495 g/mol. The normalized spacial score (nSPS) is 28.7. The Bertz CT molecular complexity index is 1310. The Kier molecular flexibility index (Phi) is 6.12. The fraction of sp³-hybridized carbons (Fsp3) is 0.452. The van der Waals surface area contributed by atoms with Crippen LogP contribution in [0.3, 0.4) is 0 Å². The van der Waals surface area contributed by atoms with Crippen LogP contribution in [0.25, 0.3) is 0 Å². The van der Waals surface area contributed by atoms with Crippen LogP contribution in [0.5, 0.6) is 0 Å². The van der Waals surface area contributed by atoms with Crippen LogP contribution < -0.4 is 0 Å². The molecule has 0 bridgehead atoms. The highest BCUT2D eigenvalue weighted by atomic mass is 16.5. The molecule has 0 aromatic heterocycles. The van der Waals surface area contributed by atoms with Gasteiger partial charge in [-0.3, -0.25) is 9.69 Å². The SMILES string of the molecule is Cc1ccc(C(=O)C2=C[C@]3(c4ccc(C)cc4)[C@@H](C)[C@H](N4CCOCC4)C(C#N)(C#N)N3C2(C)C)cc1. The first kappa shape index (κ1) is 25.4. The van der Waals surface area contributed by atoms with E-state index >= 15 is 0 Å². The summed E-state index contributed by atoms with van der Waals surface area (Å²) in [6.45, 7) is 12.6. The Balaban J connectivity index is 1.77. The van der Waals surface area contributed by atoms with E-state index < -0.39 is 16.6 Å². The lowest BCUT2D eigenvalue weighted by molar-refractivity contribution is -0.00728. The van der Waals surface area contributed by atoms with Gasteiger partial charge in [-0.15, -0.1) is 0 Å². The van der Waals surface area contributed by atoms with Gasteiger partial charge in [-0.1, -0.05) is 72.7 Å². The molecule has 190 valence electrons. The van der Waals surface area contributed by atoms with Crippen LogP contribution in [0, 0.1) is 42.4 Å². The summed E-state index contributed by atoms with van der Waals surface area (Å²) in [5.74, 6) is -0.207. The maximum Gasteiger partial charge on any atom is 0.213 e. The van der Waals surface area contributed by atoms with Crippen molar-refractivity contribution in [1.82, 2.24) is 9.80 Å². The molecular formula is C31H34N4O2. The van der Waals surface area contributed by atoms with E-state index in [0.717, 1.165) is 16.7 Å². The summed E-state index contributed by atoms with van der Waals surface area (Å²) in [5, 5.41) is 21.6. The van der Waals surface area contributed by atoms with Crippen molar-refractivity contribution in [3.8, 4) is 12.1 Å². The van der Waals surface area contributed by atoms with E-state index in [0.29, 0.717) is 37.4 Å². The van der Waals surface area contributed by atoms with E-state index in [9.17, 15) is 15.3 Å². The molecule has 6 heteroatoms. The first-order valence-corrected chi connectivity index (χ1v) is 13.0. The number of fused-ring (bicyclic) bond motifs is 1. The van der Waals surface area contributed by atoms with Crippen LogP contribution in [0.1, 0.15) is 47.8 Å². The minimum Gasteiger partial charge on any atom is -0.379 e. The lowest BCUT2D eigenvalue weighted by atomic mass is 9.75. The van der Waals surface area contributed by atoms with Gasteiger partial charge in [-0.25, -0.2) is 4.90 Å². The van der Waals surface area contributed by atoms with Gasteiger partial charge in [0, 0.05) is 35.7 Å². The first-order valence-electron chi connectivity index (χ1n) is 13.0. The van der Waals surface area contributed by atoms with Crippen molar-refractivity contribution in [3.63, 3.8) is 0 Å². The van der Waals surface area contributed by atoms with Gasteiger partial charge in [0.05, 0.1) is 24.8 Å². The second-order valence-electron chi connectivity index (χ2n) is 11.2. The van der Waals surface area contributed by atoms with Crippen molar-refractivity contribution in [2.24, 2.45) is 5.92 Å². The first-order chi connectivity index (χ1) is 17.6. The molecule has 0 amide bonds. The summed E-state index contributed by atoms with van der Waals surface area (Å²) in [5.41, 5.74) is 1.32. The number of morpholine rings is 1. The van der Waals surface area contributed by atoms with Gasteiger partial charge in [0.15, 0.2) is 5.78 Å². The van der Waals surface area contributed by atoms with Gasteiger partial charge >= 0.3 is 0 Å². The third-order valence-corrected chi connectivity index (χ3v) is 8.75. The van der Waals surface area contributed by atoms with Gasteiger partial charge in [0.25, 0.3) is 0 Å². The fourth-order valence-corrected chi connectivity index (χ4v) is 7.04. The van der Waals surface area contributed by atoms with E-state index in [1.54, 1.807) is 0 Å². The molecule has 3 aliphatic rings. The van der Waals surface area contributed by atoms with Crippen LogP contribution in [0.15, 0.2) is 60.2 Å². The van der Waals surface area contributed by atoms with Crippen molar-refractivity contribution in [1.29, 1.82) is 10.5 Å². The molecule has 2 saturated heterocycles. The van der Waals surface area contributed by atoms with Gasteiger partial charge in [-0.05, 0) is 33.3 Å². The van der Waals surface area contributed by atoms with E-state index in [1.807, 2.05) is 52.0 Å². The van der Waals surface area contributed by atoms with Crippen LogP contribution in [-0.4, -0.2) is 59.0 Å². The third-order valence-electron chi connectivity index (χ3n) is 8.75. The van der Waals surface area contributed by atoms with Gasteiger partial charge in [0.2, 0.25) is 5.54 Å². The van der Waals surface area contributed by atoms with Crippen molar-refractivity contribution in [2.75, 3.05) is 26.3 Å². The van der Waals surface area contributed by atoms with Gasteiger partial charge in [-0.2, -0.15) is 10.5 Å². The highest BCUT2D eigenvalue weighted by Gasteiger charge is 2.73. The Labute approximate surface area is 219 Å². The monoisotopic (exact) mass is 494 g/mol. The van der Waals surface area contributed by atoms with E-state index in [-0.39, 0.29) is 17.7 Å². The maximum atomic E-state index is 14.0. The van der Waals surface area contributed by atoms with Crippen LogP contribution >= 0.6 is 0 Å². The number of benzene rings is 2. The van der Waals surface area contributed by atoms with Crippen molar-refractivity contribution < 1.29 is 9.53 Å². The smallest absolute Gasteiger partial charge is 0.213 e. The fourth-order valence-electron chi connectivity index (χ4n) is 7.04. The number of ether oxygens (including phenoxy) is 1.